The summed E-state index contributed by atoms with van der Waals surface area (Å²) >= 11 is 12.7. The summed E-state index contributed by atoms with van der Waals surface area (Å²) in [6.07, 6.45) is 6.67. The third kappa shape index (κ3) is 3.26. The van der Waals surface area contributed by atoms with E-state index < -0.39 is 0 Å². The van der Waals surface area contributed by atoms with Gasteiger partial charge in [-0.25, -0.2) is 0 Å². The molecule has 0 saturated carbocycles. The van der Waals surface area contributed by atoms with E-state index in [4.69, 9.17) is 23.2 Å². The van der Waals surface area contributed by atoms with Gasteiger partial charge in [0, 0.05) is 25.0 Å². The van der Waals surface area contributed by atoms with Crippen molar-refractivity contribution in [2.24, 2.45) is 0 Å². The van der Waals surface area contributed by atoms with Gasteiger partial charge in [0.15, 0.2) is 0 Å². The van der Waals surface area contributed by atoms with Crippen LogP contribution in [-0.4, -0.2) is 31.1 Å². The Hall–Kier alpha value is -1.22. The topological polar surface area (TPSA) is 6.48 Å². The molecule has 0 N–H and O–H groups in total. The Bertz CT molecular complexity index is 818. The molecule has 1 aliphatic carbocycles. The van der Waals surface area contributed by atoms with Crippen LogP contribution in [0, 0.1) is 0 Å². The summed E-state index contributed by atoms with van der Waals surface area (Å²) in [7, 11) is 0. The lowest BCUT2D eigenvalue weighted by Crippen LogP contribution is -2.45. The molecule has 0 unspecified atom stereocenters. The fourth-order valence-corrected chi connectivity index (χ4v) is 5.78. The van der Waals surface area contributed by atoms with Crippen molar-refractivity contribution in [1.29, 1.82) is 0 Å². The quantitative estimate of drug-likeness (QED) is 0.616. The van der Waals surface area contributed by atoms with Crippen molar-refractivity contribution in [3.05, 3.63) is 63.1 Å². The third-order valence-electron chi connectivity index (χ3n) is 6.65. The molecule has 2 aromatic rings. The van der Waals surface area contributed by atoms with Crippen LogP contribution >= 0.6 is 23.2 Å². The van der Waals surface area contributed by atoms with Crippen LogP contribution in [-0.2, 0) is 6.42 Å². The maximum absolute atomic E-state index is 6.37. The molecule has 27 heavy (non-hydrogen) atoms. The van der Waals surface area contributed by atoms with Crippen LogP contribution in [0.3, 0.4) is 0 Å². The Balaban J connectivity index is 1.30. The minimum absolute atomic E-state index is 0.580. The Labute approximate surface area is 172 Å². The highest BCUT2D eigenvalue weighted by Crippen LogP contribution is 2.42. The second kappa shape index (κ2) is 7.31. The highest BCUT2D eigenvalue weighted by Gasteiger charge is 2.33. The molecule has 0 radical (unpaired) electrons. The molecule has 5 rings (SSSR count). The van der Waals surface area contributed by atoms with Crippen molar-refractivity contribution in [2.75, 3.05) is 31.1 Å². The molecule has 2 aliphatic heterocycles. The zero-order valence-electron chi connectivity index (χ0n) is 15.6. The van der Waals surface area contributed by atoms with Crippen molar-refractivity contribution >= 4 is 28.9 Å². The number of halogens is 2. The summed E-state index contributed by atoms with van der Waals surface area (Å²) in [6.45, 7) is 4.56. The smallest absolute Gasteiger partial charge is 0.0745 e. The molecule has 1 atom stereocenters. The summed E-state index contributed by atoms with van der Waals surface area (Å²) < 4.78 is 0. The van der Waals surface area contributed by atoms with Crippen LogP contribution in [0.2, 0.25) is 10.0 Å². The van der Waals surface area contributed by atoms with Crippen LogP contribution < -0.4 is 4.90 Å². The minimum Gasteiger partial charge on any atom is -0.368 e. The van der Waals surface area contributed by atoms with Crippen LogP contribution in [0.25, 0.3) is 0 Å². The van der Waals surface area contributed by atoms with Gasteiger partial charge in [-0.2, -0.15) is 0 Å². The van der Waals surface area contributed by atoms with Gasteiger partial charge in [-0.15, -0.1) is 0 Å². The SMILES string of the molecule is Clc1cccc(Cl)c1N1CC(c2ccc3c(c2)CC[C@H]3N2CCCCC2)C1. The molecular weight excluding hydrogens is 375 g/mol. The van der Waals surface area contributed by atoms with Gasteiger partial charge in [0.05, 0.1) is 15.7 Å². The number of hydrogen-bond acceptors (Lipinski definition) is 2. The molecular formula is C23H26Cl2N2. The van der Waals surface area contributed by atoms with E-state index in [2.05, 4.69) is 28.0 Å². The largest absolute Gasteiger partial charge is 0.368 e. The first-order valence-corrected chi connectivity index (χ1v) is 11.0. The lowest BCUT2D eigenvalue weighted by atomic mass is 9.88. The van der Waals surface area contributed by atoms with Gasteiger partial charge >= 0.3 is 0 Å². The molecule has 2 saturated heterocycles. The average molecular weight is 401 g/mol. The highest BCUT2D eigenvalue weighted by atomic mass is 35.5. The number of aryl methyl sites for hydroxylation is 1. The third-order valence-corrected chi connectivity index (χ3v) is 7.26. The summed E-state index contributed by atoms with van der Waals surface area (Å²) in [5.41, 5.74) is 5.64. The Kier molecular flexibility index (Phi) is 4.83. The number of piperidine rings is 1. The number of likely N-dealkylation sites (tertiary alicyclic amines) is 1. The molecule has 2 aromatic carbocycles. The lowest BCUT2D eigenvalue weighted by molar-refractivity contribution is 0.163. The fraction of sp³-hybridized carbons (Fsp3) is 0.478. The first kappa shape index (κ1) is 17.8. The maximum Gasteiger partial charge on any atom is 0.0745 e. The zero-order valence-corrected chi connectivity index (χ0v) is 17.1. The van der Waals surface area contributed by atoms with Gasteiger partial charge in [-0.3, -0.25) is 4.90 Å². The number of rotatable bonds is 3. The van der Waals surface area contributed by atoms with Gasteiger partial charge in [-0.05, 0) is 67.6 Å². The predicted octanol–water partition coefficient (Wildman–Crippen LogP) is 6.07. The van der Waals surface area contributed by atoms with Crippen LogP contribution in [0.15, 0.2) is 36.4 Å². The highest BCUT2D eigenvalue weighted by molar-refractivity contribution is 6.39. The molecule has 0 amide bonds. The molecule has 3 aliphatic rings. The van der Waals surface area contributed by atoms with Crippen molar-refractivity contribution in [1.82, 2.24) is 4.90 Å². The molecule has 0 aromatic heterocycles. The molecule has 2 fully saturated rings. The zero-order chi connectivity index (χ0) is 18.4. The van der Waals surface area contributed by atoms with Crippen LogP contribution in [0.1, 0.15) is 54.3 Å². The molecule has 2 heterocycles. The minimum atomic E-state index is 0.580. The van der Waals surface area contributed by atoms with Gasteiger partial charge in [0.1, 0.15) is 0 Å². The van der Waals surface area contributed by atoms with Gasteiger partial charge < -0.3 is 4.90 Å². The lowest BCUT2D eigenvalue weighted by Gasteiger charge is -2.42. The van der Waals surface area contributed by atoms with E-state index in [0.717, 1.165) is 28.8 Å². The maximum atomic E-state index is 6.37. The number of para-hydroxylation sites is 1. The average Bonchev–Trinajstić information content (AvgIpc) is 3.07. The standard InChI is InChI=1S/C23H26Cl2N2/c24-20-5-4-6-21(25)23(20)27-14-18(15-27)16-7-9-19-17(13-16)8-10-22(19)26-11-2-1-3-12-26/h4-7,9,13,18,22H,1-3,8,10-12,14-15H2/t22-/m1/s1. The van der Waals surface area contributed by atoms with E-state index in [1.807, 2.05) is 18.2 Å². The van der Waals surface area contributed by atoms with E-state index >= 15 is 0 Å². The van der Waals surface area contributed by atoms with E-state index in [1.54, 1.807) is 11.1 Å². The van der Waals surface area contributed by atoms with E-state index in [0.29, 0.717) is 12.0 Å². The molecule has 2 nitrogen and oxygen atoms in total. The number of fused-ring (bicyclic) bond motifs is 1. The second-order valence-electron chi connectivity index (χ2n) is 8.28. The molecule has 4 heteroatoms. The van der Waals surface area contributed by atoms with Gasteiger partial charge in [-0.1, -0.05) is 53.9 Å². The number of anilines is 1. The summed E-state index contributed by atoms with van der Waals surface area (Å²) in [5.74, 6) is 0.580. The number of benzene rings is 2. The fourth-order valence-electron chi connectivity index (χ4n) is 5.14. The van der Waals surface area contributed by atoms with Crippen molar-refractivity contribution in [3.8, 4) is 0 Å². The first-order valence-electron chi connectivity index (χ1n) is 10.3. The monoisotopic (exact) mass is 400 g/mol. The Morgan fingerprint density at radius 1 is 0.889 bits per heavy atom. The molecule has 0 spiro atoms. The molecule has 0 bridgehead atoms. The van der Waals surface area contributed by atoms with Gasteiger partial charge in [0.2, 0.25) is 0 Å². The van der Waals surface area contributed by atoms with E-state index in [9.17, 15) is 0 Å². The van der Waals surface area contributed by atoms with Crippen LogP contribution in [0.5, 0.6) is 0 Å². The number of nitrogens with zero attached hydrogens (tertiary/aromatic N) is 2. The summed E-state index contributed by atoms with van der Waals surface area (Å²) in [5, 5.41) is 1.50. The summed E-state index contributed by atoms with van der Waals surface area (Å²) in [4.78, 5) is 5.03. The second-order valence-corrected chi connectivity index (χ2v) is 9.10. The van der Waals surface area contributed by atoms with Gasteiger partial charge in [0.25, 0.3) is 0 Å². The van der Waals surface area contributed by atoms with Crippen molar-refractivity contribution in [2.45, 2.75) is 44.1 Å². The number of hydrogen-bond donors (Lipinski definition) is 0. The normalized spacial score (nSPS) is 23.3. The molecule has 142 valence electrons. The van der Waals surface area contributed by atoms with Crippen molar-refractivity contribution < 1.29 is 0 Å². The first-order chi connectivity index (χ1) is 13.2. The van der Waals surface area contributed by atoms with Crippen LogP contribution in [0.4, 0.5) is 5.69 Å². The Morgan fingerprint density at radius 2 is 1.63 bits per heavy atom. The predicted molar refractivity (Wildman–Crippen MR) is 114 cm³/mol. The van der Waals surface area contributed by atoms with Crippen molar-refractivity contribution in [3.63, 3.8) is 0 Å². The Morgan fingerprint density at radius 3 is 2.37 bits per heavy atom. The van der Waals surface area contributed by atoms with E-state index in [-0.39, 0.29) is 0 Å². The summed E-state index contributed by atoms with van der Waals surface area (Å²) in [6, 6.07) is 13.7. The van der Waals surface area contributed by atoms with E-state index in [1.165, 1.54) is 50.8 Å².